The molecule has 0 saturated heterocycles. The Morgan fingerprint density at radius 2 is 2.25 bits per heavy atom. The third kappa shape index (κ3) is 1.53. The van der Waals surface area contributed by atoms with Crippen LogP contribution in [0.3, 0.4) is 0 Å². The van der Waals surface area contributed by atoms with Gasteiger partial charge in [0.2, 0.25) is 0 Å². The molecule has 0 unspecified atom stereocenters. The first kappa shape index (κ1) is 8.52. The topological polar surface area (TPSA) is 60.5 Å². The maximum absolute atomic E-state index is 8.64. The fourth-order valence-electron chi connectivity index (χ4n) is 0.823. The molecule has 0 N–H and O–H groups in total. The van der Waals surface area contributed by atoms with Crippen LogP contribution in [0, 0.1) is 22.7 Å². The Kier molecular flexibility index (Phi) is 2.63. The fourth-order valence-corrected chi connectivity index (χ4v) is 1.04. The van der Waals surface area contributed by atoms with E-state index in [1.807, 2.05) is 12.1 Å². The Morgan fingerprint density at radius 1 is 1.50 bits per heavy atom. The van der Waals surface area contributed by atoms with E-state index in [0.29, 0.717) is 11.1 Å². The van der Waals surface area contributed by atoms with Crippen molar-refractivity contribution >= 4 is 11.6 Å². The van der Waals surface area contributed by atoms with Gasteiger partial charge in [0.1, 0.15) is 11.2 Å². The number of pyridine rings is 1. The van der Waals surface area contributed by atoms with Gasteiger partial charge in [0.25, 0.3) is 0 Å². The Labute approximate surface area is 74.8 Å². The number of nitriles is 2. The first-order valence-corrected chi connectivity index (χ1v) is 3.58. The van der Waals surface area contributed by atoms with E-state index in [4.69, 9.17) is 22.1 Å². The van der Waals surface area contributed by atoms with Gasteiger partial charge in [0.05, 0.1) is 18.1 Å². The summed E-state index contributed by atoms with van der Waals surface area (Å²) < 4.78 is 0. The molecule has 0 fully saturated rings. The smallest absolute Gasteiger partial charge is 0.147 e. The van der Waals surface area contributed by atoms with Crippen LogP contribution < -0.4 is 0 Å². The number of hydrogen-bond acceptors (Lipinski definition) is 3. The minimum Gasteiger partial charge on any atom is -0.243 e. The number of nitrogens with zero attached hydrogens (tertiary/aromatic N) is 3. The second-order valence-electron chi connectivity index (χ2n) is 2.08. The lowest BCUT2D eigenvalue weighted by atomic mass is 10.1. The monoisotopic (exact) mass is 177 g/mol. The van der Waals surface area contributed by atoms with Gasteiger partial charge in [-0.2, -0.15) is 10.5 Å². The van der Waals surface area contributed by atoms with Crippen LogP contribution in [-0.2, 0) is 6.42 Å². The van der Waals surface area contributed by atoms with Crippen molar-refractivity contribution in [1.29, 1.82) is 10.5 Å². The van der Waals surface area contributed by atoms with Crippen molar-refractivity contribution < 1.29 is 0 Å². The summed E-state index contributed by atoms with van der Waals surface area (Å²) in [6, 6.07) is 5.47. The van der Waals surface area contributed by atoms with Crippen molar-refractivity contribution in [3.05, 3.63) is 28.5 Å². The number of rotatable bonds is 1. The summed E-state index contributed by atoms with van der Waals surface area (Å²) in [5.74, 6) is 0. The lowest BCUT2D eigenvalue weighted by molar-refractivity contribution is 1.19. The Balaban J connectivity index is 3.23. The molecule has 0 aromatic carbocycles. The summed E-state index contributed by atoms with van der Waals surface area (Å²) in [4.78, 5) is 3.73. The normalized spacial score (nSPS) is 8.58. The summed E-state index contributed by atoms with van der Waals surface area (Å²) in [5.41, 5.74) is 0.917. The standard InChI is InChI=1S/C8H4ClN3/c9-8-7(5-11)6(1-3-10)2-4-12-8/h2,4H,1H2. The molecule has 3 nitrogen and oxygen atoms in total. The van der Waals surface area contributed by atoms with E-state index in [1.165, 1.54) is 6.20 Å². The van der Waals surface area contributed by atoms with E-state index >= 15 is 0 Å². The average molecular weight is 178 g/mol. The highest BCUT2D eigenvalue weighted by Gasteiger charge is 2.05. The second-order valence-corrected chi connectivity index (χ2v) is 2.44. The van der Waals surface area contributed by atoms with Crippen molar-refractivity contribution in [2.75, 3.05) is 0 Å². The molecule has 0 aliphatic heterocycles. The average Bonchev–Trinajstić information content (AvgIpc) is 2.05. The molecule has 0 aliphatic carbocycles. The highest BCUT2D eigenvalue weighted by molar-refractivity contribution is 6.30. The zero-order valence-electron chi connectivity index (χ0n) is 6.08. The van der Waals surface area contributed by atoms with Crippen molar-refractivity contribution in [3.63, 3.8) is 0 Å². The largest absolute Gasteiger partial charge is 0.243 e. The van der Waals surface area contributed by atoms with Crippen LogP contribution in [0.1, 0.15) is 11.1 Å². The van der Waals surface area contributed by atoms with Crippen molar-refractivity contribution in [2.45, 2.75) is 6.42 Å². The van der Waals surface area contributed by atoms with Crippen LogP contribution in [0.2, 0.25) is 5.15 Å². The van der Waals surface area contributed by atoms with E-state index in [1.54, 1.807) is 6.07 Å². The summed E-state index contributed by atoms with van der Waals surface area (Å²) in [6.45, 7) is 0. The van der Waals surface area contributed by atoms with Gasteiger partial charge < -0.3 is 0 Å². The first-order chi connectivity index (χ1) is 5.79. The van der Waals surface area contributed by atoms with Crippen molar-refractivity contribution in [1.82, 2.24) is 4.98 Å². The lowest BCUT2D eigenvalue weighted by Gasteiger charge is -1.98. The second kappa shape index (κ2) is 3.71. The maximum atomic E-state index is 8.64. The van der Waals surface area contributed by atoms with Gasteiger partial charge in [-0.25, -0.2) is 4.98 Å². The SMILES string of the molecule is N#CCc1ccnc(Cl)c1C#N. The van der Waals surface area contributed by atoms with E-state index in [9.17, 15) is 0 Å². The van der Waals surface area contributed by atoms with Crippen molar-refractivity contribution in [2.24, 2.45) is 0 Å². The predicted molar refractivity (Wildman–Crippen MR) is 43.3 cm³/mol. The van der Waals surface area contributed by atoms with Gasteiger partial charge in [-0.3, -0.25) is 0 Å². The molecule has 12 heavy (non-hydrogen) atoms. The van der Waals surface area contributed by atoms with Gasteiger partial charge >= 0.3 is 0 Å². The molecule has 0 radical (unpaired) electrons. The maximum Gasteiger partial charge on any atom is 0.147 e. The third-order valence-corrected chi connectivity index (χ3v) is 1.66. The fraction of sp³-hybridized carbons (Fsp3) is 0.125. The van der Waals surface area contributed by atoms with Crippen LogP contribution in [0.4, 0.5) is 0 Å². The summed E-state index contributed by atoms with van der Waals surface area (Å²) in [5, 5.41) is 17.2. The minimum absolute atomic E-state index is 0.158. The van der Waals surface area contributed by atoms with E-state index in [2.05, 4.69) is 4.98 Å². The summed E-state index contributed by atoms with van der Waals surface area (Å²) in [6.07, 6.45) is 1.67. The molecule has 0 aliphatic rings. The molecule has 1 rings (SSSR count). The van der Waals surface area contributed by atoms with Crippen molar-refractivity contribution in [3.8, 4) is 12.1 Å². The number of hydrogen-bond donors (Lipinski definition) is 0. The zero-order valence-corrected chi connectivity index (χ0v) is 6.84. The van der Waals surface area contributed by atoms with Crippen LogP contribution in [0.25, 0.3) is 0 Å². The minimum atomic E-state index is 0.158. The van der Waals surface area contributed by atoms with Crippen LogP contribution in [-0.4, -0.2) is 4.98 Å². The van der Waals surface area contributed by atoms with Crippen LogP contribution in [0.5, 0.6) is 0 Å². The molecule has 0 atom stereocenters. The Bertz CT molecular complexity index is 373. The van der Waals surface area contributed by atoms with E-state index in [-0.39, 0.29) is 11.6 Å². The predicted octanol–water partition coefficient (Wildman–Crippen LogP) is 1.67. The van der Waals surface area contributed by atoms with Crippen LogP contribution in [0.15, 0.2) is 12.3 Å². The zero-order chi connectivity index (χ0) is 8.97. The summed E-state index contributed by atoms with van der Waals surface area (Å²) >= 11 is 5.62. The van der Waals surface area contributed by atoms with Gasteiger partial charge in [0.15, 0.2) is 0 Å². The highest BCUT2D eigenvalue weighted by atomic mass is 35.5. The highest BCUT2D eigenvalue weighted by Crippen LogP contribution is 2.15. The van der Waals surface area contributed by atoms with Gasteiger partial charge in [-0.15, -0.1) is 0 Å². The first-order valence-electron chi connectivity index (χ1n) is 3.20. The molecule has 0 spiro atoms. The Hall–Kier alpha value is -1.58. The van der Waals surface area contributed by atoms with Gasteiger partial charge in [0, 0.05) is 6.20 Å². The molecule has 0 bridgehead atoms. The molecule has 1 aromatic heterocycles. The molecular formula is C8H4ClN3. The molecular weight excluding hydrogens is 174 g/mol. The molecule has 1 aromatic rings. The molecule has 1 heterocycles. The number of aromatic nitrogens is 1. The third-order valence-electron chi connectivity index (χ3n) is 1.37. The summed E-state index contributed by atoms with van der Waals surface area (Å²) in [7, 11) is 0. The molecule has 0 amide bonds. The van der Waals surface area contributed by atoms with Gasteiger partial charge in [-0.05, 0) is 11.6 Å². The van der Waals surface area contributed by atoms with Gasteiger partial charge in [-0.1, -0.05) is 11.6 Å². The Morgan fingerprint density at radius 3 is 2.83 bits per heavy atom. The van der Waals surface area contributed by atoms with E-state index < -0.39 is 0 Å². The molecule has 4 heteroatoms. The molecule has 0 saturated carbocycles. The molecule has 58 valence electrons. The lowest BCUT2D eigenvalue weighted by Crippen LogP contribution is -1.91. The van der Waals surface area contributed by atoms with E-state index in [0.717, 1.165) is 0 Å². The number of halogens is 1. The van der Waals surface area contributed by atoms with Crippen LogP contribution >= 0.6 is 11.6 Å². The quantitative estimate of drug-likeness (QED) is 0.613.